The summed E-state index contributed by atoms with van der Waals surface area (Å²) in [5.74, 6) is -2.13. The summed E-state index contributed by atoms with van der Waals surface area (Å²) in [6.45, 7) is 7.47. The minimum atomic E-state index is -0.952. The summed E-state index contributed by atoms with van der Waals surface area (Å²) in [7, 11) is 0. The quantitative estimate of drug-likeness (QED) is 0.152. The summed E-state index contributed by atoms with van der Waals surface area (Å²) in [5.41, 5.74) is 12.2. The summed E-state index contributed by atoms with van der Waals surface area (Å²) < 4.78 is 0. The van der Waals surface area contributed by atoms with Crippen molar-refractivity contribution in [1.82, 2.24) is 21.3 Å². The predicted octanol–water partition coefficient (Wildman–Crippen LogP) is 0.641. The minimum absolute atomic E-state index is 0.218. The number of aryl methyl sites for hydroxylation is 1. The van der Waals surface area contributed by atoms with Gasteiger partial charge < -0.3 is 38.1 Å². The highest BCUT2D eigenvalue weighted by atomic mass is 16.2. The molecule has 3 atom stereocenters. The minimum Gasteiger partial charge on any atom is -0.352 e. The second kappa shape index (κ2) is 17.0. The van der Waals surface area contributed by atoms with E-state index in [1.54, 1.807) is 26.0 Å². The van der Waals surface area contributed by atoms with Crippen LogP contribution in [0.25, 0.3) is 0 Å². The molecule has 1 aromatic rings. The Morgan fingerprint density at radius 2 is 1.42 bits per heavy atom. The van der Waals surface area contributed by atoms with Crippen LogP contribution < -0.4 is 38.1 Å². The highest BCUT2D eigenvalue weighted by molar-refractivity contribution is 5.99. The lowest BCUT2D eigenvalue weighted by Crippen LogP contribution is -2.57. The molecule has 9 N–H and O–H groups in total. The van der Waals surface area contributed by atoms with E-state index >= 15 is 0 Å². The zero-order valence-corrected chi connectivity index (χ0v) is 22.8. The number of nitrogens with one attached hydrogen (secondary N) is 5. The van der Waals surface area contributed by atoms with Gasteiger partial charge in [-0.1, -0.05) is 31.5 Å². The van der Waals surface area contributed by atoms with Gasteiger partial charge in [0.1, 0.15) is 18.1 Å². The number of rotatable bonds is 16. The largest absolute Gasteiger partial charge is 0.352 e. The Bertz CT molecular complexity index is 936. The first-order valence-electron chi connectivity index (χ1n) is 12.9. The molecule has 1 rings (SSSR count). The molecule has 12 heteroatoms. The summed E-state index contributed by atoms with van der Waals surface area (Å²) in [6.07, 6.45) is 2.30. The van der Waals surface area contributed by atoms with E-state index in [1.165, 1.54) is 6.92 Å². The first-order chi connectivity index (χ1) is 17.9. The fourth-order valence-corrected chi connectivity index (χ4v) is 3.71. The second-order valence-electron chi connectivity index (χ2n) is 9.62. The van der Waals surface area contributed by atoms with Crippen LogP contribution in [0.3, 0.4) is 0 Å². The molecule has 0 bridgehead atoms. The third-order valence-electron chi connectivity index (χ3n) is 5.81. The average molecular weight is 534 g/mol. The molecule has 38 heavy (non-hydrogen) atoms. The van der Waals surface area contributed by atoms with Crippen LogP contribution in [0.1, 0.15) is 58.4 Å². The van der Waals surface area contributed by atoms with Crippen molar-refractivity contribution in [2.75, 3.05) is 18.4 Å². The third-order valence-corrected chi connectivity index (χ3v) is 5.81. The first-order valence-corrected chi connectivity index (χ1v) is 12.9. The van der Waals surface area contributed by atoms with Gasteiger partial charge in [-0.15, -0.1) is 0 Å². The van der Waals surface area contributed by atoms with Gasteiger partial charge in [0.2, 0.25) is 23.6 Å². The molecule has 0 aliphatic heterocycles. The molecule has 0 spiro atoms. The van der Waals surface area contributed by atoms with Gasteiger partial charge in [0, 0.05) is 19.2 Å². The van der Waals surface area contributed by atoms with E-state index < -0.39 is 41.9 Å². The zero-order chi connectivity index (χ0) is 28.7. The van der Waals surface area contributed by atoms with Gasteiger partial charge in [0.25, 0.3) is 0 Å². The van der Waals surface area contributed by atoms with Crippen molar-refractivity contribution in [2.24, 2.45) is 17.4 Å². The number of benzene rings is 1. The van der Waals surface area contributed by atoms with E-state index in [4.69, 9.17) is 11.5 Å². The number of hydrogen-bond donors (Lipinski definition) is 7. The van der Waals surface area contributed by atoms with Crippen molar-refractivity contribution < 1.29 is 24.0 Å². The number of nitrogens with two attached hydrogens (primary N) is 2. The number of amides is 6. The molecule has 0 aromatic heterocycles. The van der Waals surface area contributed by atoms with Crippen LogP contribution in [0, 0.1) is 12.8 Å². The summed E-state index contributed by atoms with van der Waals surface area (Å²) in [5, 5.41) is 13.3. The van der Waals surface area contributed by atoms with Gasteiger partial charge >= 0.3 is 6.03 Å². The van der Waals surface area contributed by atoms with Crippen molar-refractivity contribution in [3.8, 4) is 0 Å². The lowest BCUT2D eigenvalue weighted by atomic mass is 10.0. The van der Waals surface area contributed by atoms with Crippen LogP contribution in [0.2, 0.25) is 0 Å². The third kappa shape index (κ3) is 12.5. The van der Waals surface area contributed by atoms with Crippen LogP contribution in [-0.4, -0.2) is 60.9 Å². The fourth-order valence-electron chi connectivity index (χ4n) is 3.71. The normalized spacial score (nSPS) is 13.1. The molecule has 0 fully saturated rings. The van der Waals surface area contributed by atoms with E-state index in [0.717, 1.165) is 5.56 Å². The molecule has 1 aromatic carbocycles. The van der Waals surface area contributed by atoms with E-state index in [-0.39, 0.29) is 24.8 Å². The van der Waals surface area contributed by atoms with Crippen molar-refractivity contribution in [3.05, 3.63) is 29.8 Å². The van der Waals surface area contributed by atoms with Crippen LogP contribution in [0.4, 0.5) is 10.5 Å². The maximum atomic E-state index is 13.3. The average Bonchev–Trinajstić information content (AvgIpc) is 2.84. The Morgan fingerprint density at radius 1 is 0.816 bits per heavy atom. The van der Waals surface area contributed by atoms with E-state index in [1.807, 2.05) is 19.1 Å². The molecule has 0 unspecified atom stereocenters. The topological polar surface area (TPSA) is 198 Å². The highest BCUT2D eigenvalue weighted by Gasteiger charge is 2.31. The predicted molar refractivity (Wildman–Crippen MR) is 146 cm³/mol. The molecule has 212 valence electrons. The summed E-state index contributed by atoms with van der Waals surface area (Å²) >= 11 is 0. The Kier molecular flexibility index (Phi) is 14.4. The first kappa shape index (κ1) is 32.4. The monoisotopic (exact) mass is 533 g/mol. The molecule has 0 aliphatic rings. The lowest BCUT2D eigenvalue weighted by Gasteiger charge is -2.27. The molecule has 0 aliphatic carbocycles. The maximum absolute atomic E-state index is 13.3. The van der Waals surface area contributed by atoms with Crippen molar-refractivity contribution in [1.29, 1.82) is 0 Å². The number of urea groups is 1. The van der Waals surface area contributed by atoms with Crippen LogP contribution >= 0.6 is 0 Å². The fraction of sp³-hybridized carbons (Fsp3) is 0.577. The highest BCUT2D eigenvalue weighted by Crippen LogP contribution is 2.12. The smallest absolute Gasteiger partial charge is 0.312 e. The lowest BCUT2D eigenvalue weighted by molar-refractivity contribution is -0.133. The standard InChI is InChI=1S/C26H43N7O5/c1-16(2)22(33-24(36)20(30-18(4)34)8-5-6-14-27)25(37)32-21(9-7-15-29-26(28)38)23(35)31-19-12-10-17(3)11-13-19/h10-13,16,20-22H,5-9,14-15,27H2,1-4H3,(H,30,34)(H,31,35)(H,32,37)(H,33,36)(H3,28,29,38)/t20-,21-,22-/m0/s1. The SMILES string of the molecule is CC(=O)N[C@@H](CCCCN)C(=O)N[C@H](C(=O)N[C@@H](CCCNC(N)=O)C(=O)Nc1ccc(C)cc1)C(C)C. The molecule has 0 radical (unpaired) electrons. The number of carbonyl (C=O) groups is 5. The number of anilines is 1. The Hall–Kier alpha value is -3.67. The van der Waals surface area contributed by atoms with Crippen molar-refractivity contribution >= 4 is 35.3 Å². The Morgan fingerprint density at radius 3 is 1.97 bits per heavy atom. The van der Waals surface area contributed by atoms with Crippen molar-refractivity contribution in [3.63, 3.8) is 0 Å². The molecule has 6 amide bonds. The van der Waals surface area contributed by atoms with Crippen LogP contribution in [-0.2, 0) is 19.2 Å². The Labute approximate surface area is 224 Å². The number of hydrogen-bond acceptors (Lipinski definition) is 6. The number of primary amides is 1. The van der Waals surface area contributed by atoms with Gasteiger partial charge in [-0.25, -0.2) is 4.79 Å². The maximum Gasteiger partial charge on any atom is 0.312 e. The van der Waals surface area contributed by atoms with Crippen LogP contribution in [0.5, 0.6) is 0 Å². The van der Waals surface area contributed by atoms with Gasteiger partial charge in [-0.2, -0.15) is 0 Å². The van der Waals surface area contributed by atoms with Gasteiger partial charge in [0.05, 0.1) is 0 Å². The molecule has 0 saturated carbocycles. The van der Waals surface area contributed by atoms with Crippen LogP contribution in [0.15, 0.2) is 24.3 Å². The molecular formula is C26H43N7O5. The molecule has 12 nitrogen and oxygen atoms in total. The van der Waals surface area contributed by atoms with E-state index in [2.05, 4.69) is 26.6 Å². The molecular weight excluding hydrogens is 490 g/mol. The van der Waals surface area contributed by atoms with Crippen molar-refractivity contribution in [2.45, 2.75) is 77.9 Å². The van der Waals surface area contributed by atoms with Gasteiger partial charge in [0.15, 0.2) is 0 Å². The Balaban J connectivity index is 2.98. The van der Waals surface area contributed by atoms with E-state index in [9.17, 15) is 24.0 Å². The second-order valence-corrected chi connectivity index (χ2v) is 9.62. The summed E-state index contributed by atoms with van der Waals surface area (Å²) in [6, 6.07) is 3.83. The van der Waals surface area contributed by atoms with Gasteiger partial charge in [-0.05, 0) is 63.6 Å². The zero-order valence-electron chi connectivity index (χ0n) is 22.8. The molecule has 0 heterocycles. The molecule has 0 saturated heterocycles. The number of unbranched alkanes of at least 4 members (excludes halogenated alkanes) is 1. The van der Waals surface area contributed by atoms with E-state index in [0.29, 0.717) is 37.9 Å². The van der Waals surface area contributed by atoms with Gasteiger partial charge in [-0.3, -0.25) is 19.2 Å². The summed E-state index contributed by atoms with van der Waals surface area (Å²) in [4.78, 5) is 61.9. The number of carbonyl (C=O) groups excluding carboxylic acids is 5.